The normalized spacial score (nSPS) is 16.7. The summed E-state index contributed by atoms with van der Waals surface area (Å²) in [5.74, 6) is -0.218. The van der Waals surface area contributed by atoms with Crippen molar-refractivity contribution in [3.8, 4) is 17.6 Å². The number of nitriles is 1. The molecule has 2 N–H and O–H groups in total. The predicted octanol–water partition coefficient (Wildman–Crippen LogP) is 1.22. The summed E-state index contributed by atoms with van der Waals surface area (Å²) < 4.78 is 2.61. The van der Waals surface area contributed by atoms with Crippen molar-refractivity contribution in [2.75, 3.05) is 0 Å². The molecule has 0 unspecified atom stereocenters. The van der Waals surface area contributed by atoms with Gasteiger partial charge in [0.05, 0.1) is 17.3 Å². The number of aryl methyl sites for hydroxylation is 1. The van der Waals surface area contributed by atoms with Gasteiger partial charge in [0.15, 0.2) is 0 Å². The summed E-state index contributed by atoms with van der Waals surface area (Å²) in [7, 11) is 0. The Morgan fingerprint density at radius 3 is 2.86 bits per heavy atom. The van der Waals surface area contributed by atoms with Crippen molar-refractivity contribution < 1.29 is 10.2 Å². The van der Waals surface area contributed by atoms with E-state index in [-0.39, 0.29) is 17.3 Å². The third-order valence-electron chi connectivity index (χ3n) is 3.93. The van der Waals surface area contributed by atoms with Crippen LogP contribution in [0.2, 0.25) is 0 Å². The number of hydrogen-bond donors (Lipinski definition) is 2. The Bertz CT molecular complexity index is 811. The van der Waals surface area contributed by atoms with Crippen molar-refractivity contribution in [1.82, 2.24) is 9.13 Å². The maximum atomic E-state index is 12.4. The molecule has 108 valence electrons. The molecule has 6 heteroatoms. The Labute approximate surface area is 121 Å². The van der Waals surface area contributed by atoms with Crippen LogP contribution in [0.1, 0.15) is 36.3 Å². The lowest BCUT2D eigenvalue weighted by atomic mass is 10.1. The van der Waals surface area contributed by atoms with Gasteiger partial charge in [-0.05, 0) is 36.6 Å². The minimum Gasteiger partial charge on any atom is -0.493 e. The molecule has 0 bridgehead atoms. The molecule has 21 heavy (non-hydrogen) atoms. The Balaban J connectivity index is 2.26. The number of aliphatic hydroxyl groups is 1. The van der Waals surface area contributed by atoms with E-state index in [0.717, 1.165) is 5.56 Å². The molecule has 0 amide bonds. The van der Waals surface area contributed by atoms with Gasteiger partial charge in [0.1, 0.15) is 11.8 Å². The highest BCUT2D eigenvalue weighted by atomic mass is 16.3. The van der Waals surface area contributed by atoms with Gasteiger partial charge in [-0.3, -0.25) is 4.57 Å². The molecule has 0 radical (unpaired) electrons. The first-order chi connectivity index (χ1) is 10.1. The van der Waals surface area contributed by atoms with Crippen molar-refractivity contribution in [2.45, 2.75) is 32.4 Å². The molecule has 0 saturated carbocycles. The summed E-state index contributed by atoms with van der Waals surface area (Å²) in [6, 6.07) is 7.03. The van der Waals surface area contributed by atoms with E-state index in [0.29, 0.717) is 30.6 Å². The largest absolute Gasteiger partial charge is 0.493 e. The Morgan fingerprint density at radius 1 is 1.48 bits per heavy atom. The molecule has 0 fully saturated rings. The van der Waals surface area contributed by atoms with Crippen LogP contribution in [-0.4, -0.2) is 19.3 Å². The van der Waals surface area contributed by atoms with E-state index in [1.807, 2.05) is 6.92 Å². The molecule has 1 aliphatic rings. The summed E-state index contributed by atoms with van der Waals surface area (Å²) in [5.41, 5.74) is 1.76. The number of hydrogen-bond acceptors (Lipinski definition) is 4. The highest BCUT2D eigenvalue weighted by molar-refractivity contribution is 5.49. The average molecular weight is 285 g/mol. The zero-order valence-corrected chi connectivity index (χ0v) is 11.6. The smallest absolute Gasteiger partial charge is 0.336 e. The Hall–Kier alpha value is -2.52. The van der Waals surface area contributed by atoms with Gasteiger partial charge in [0.2, 0.25) is 5.88 Å². The summed E-state index contributed by atoms with van der Waals surface area (Å²) in [4.78, 5) is 12.4. The van der Waals surface area contributed by atoms with Crippen molar-refractivity contribution in [2.24, 2.45) is 0 Å². The van der Waals surface area contributed by atoms with Crippen molar-refractivity contribution in [3.63, 3.8) is 0 Å². The second-order valence-electron chi connectivity index (χ2n) is 5.09. The fourth-order valence-corrected chi connectivity index (χ4v) is 2.86. The molecule has 1 atom stereocenters. The number of benzene rings is 1. The van der Waals surface area contributed by atoms with Crippen LogP contribution in [0.5, 0.6) is 5.88 Å². The summed E-state index contributed by atoms with van der Waals surface area (Å²) in [6.45, 7) is 2.31. The molecule has 0 spiro atoms. The van der Waals surface area contributed by atoms with E-state index < -0.39 is 6.10 Å². The zero-order valence-electron chi connectivity index (χ0n) is 11.6. The zero-order chi connectivity index (χ0) is 15.1. The monoisotopic (exact) mass is 285 g/mol. The van der Waals surface area contributed by atoms with Crippen LogP contribution in [0.3, 0.4) is 0 Å². The number of fused-ring (bicyclic) bond motifs is 1. The molecule has 2 heterocycles. The SMILES string of the molecule is CCc1cc(C#N)ccc1-n1c(O)c2n(c1=O)CC[C@H]2O. The molecule has 1 aliphatic heterocycles. The first kappa shape index (κ1) is 13.5. The van der Waals surface area contributed by atoms with Gasteiger partial charge in [-0.25, -0.2) is 9.36 Å². The Kier molecular flexibility index (Phi) is 3.07. The van der Waals surface area contributed by atoms with E-state index in [9.17, 15) is 15.0 Å². The van der Waals surface area contributed by atoms with Crippen LogP contribution >= 0.6 is 0 Å². The van der Waals surface area contributed by atoms with Crippen LogP contribution < -0.4 is 5.69 Å². The van der Waals surface area contributed by atoms with Gasteiger partial charge in [-0.1, -0.05) is 6.92 Å². The van der Waals surface area contributed by atoms with Crippen LogP contribution in [0.25, 0.3) is 5.69 Å². The number of imidazole rings is 1. The molecular weight excluding hydrogens is 270 g/mol. The first-order valence-electron chi connectivity index (χ1n) is 6.84. The van der Waals surface area contributed by atoms with Crippen LogP contribution in [0, 0.1) is 11.3 Å². The number of rotatable bonds is 2. The molecule has 3 rings (SSSR count). The van der Waals surface area contributed by atoms with E-state index in [4.69, 9.17) is 5.26 Å². The molecule has 0 saturated heterocycles. The second-order valence-corrected chi connectivity index (χ2v) is 5.09. The third kappa shape index (κ3) is 1.86. The summed E-state index contributed by atoms with van der Waals surface area (Å²) in [5, 5.41) is 29.2. The number of aromatic hydroxyl groups is 1. The minimum absolute atomic E-state index is 0.218. The minimum atomic E-state index is -0.817. The lowest BCUT2D eigenvalue weighted by molar-refractivity contribution is 0.175. The number of nitrogens with zero attached hydrogens (tertiary/aromatic N) is 3. The molecule has 0 aliphatic carbocycles. The highest BCUT2D eigenvalue weighted by Gasteiger charge is 2.31. The van der Waals surface area contributed by atoms with Crippen LogP contribution in [0.4, 0.5) is 0 Å². The average Bonchev–Trinajstić information content (AvgIpc) is 2.99. The number of aliphatic hydroxyl groups excluding tert-OH is 1. The van der Waals surface area contributed by atoms with Crippen molar-refractivity contribution in [3.05, 3.63) is 45.5 Å². The highest BCUT2D eigenvalue weighted by Crippen LogP contribution is 2.33. The molecule has 1 aromatic heterocycles. The molecule has 6 nitrogen and oxygen atoms in total. The lowest BCUT2D eigenvalue weighted by Gasteiger charge is -2.10. The van der Waals surface area contributed by atoms with Gasteiger partial charge in [-0.2, -0.15) is 5.26 Å². The maximum Gasteiger partial charge on any atom is 0.336 e. The van der Waals surface area contributed by atoms with Gasteiger partial charge in [0, 0.05) is 6.54 Å². The van der Waals surface area contributed by atoms with Crippen LogP contribution in [-0.2, 0) is 13.0 Å². The fourth-order valence-electron chi connectivity index (χ4n) is 2.86. The summed E-state index contributed by atoms with van der Waals surface area (Å²) >= 11 is 0. The van der Waals surface area contributed by atoms with E-state index >= 15 is 0 Å². The van der Waals surface area contributed by atoms with E-state index in [1.54, 1.807) is 18.2 Å². The first-order valence-corrected chi connectivity index (χ1v) is 6.84. The topological polar surface area (TPSA) is 91.2 Å². The lowest BCUT2D eigenvalue weighted by Crippen LogP contribution is -2.23. The molecule has 2 aromatic rings. The Morgan fingerprint density at radius 2 is 2.24 bits per heavy atom. The van der Waals surface area contributed by atoms with Crippen molar-refractivity contribution in [1.29, 1.82) is 5.26 Å². The molecule has 1 aromatic carbocycles. The van der Waals surface area contributed by atoms with Gasteiger partial charge < -0.3 is 10.2 Å². The van der Waals surface area contributed by atoms with E-state index in [1.165, 1.54) is 9.13 Å². The second kappa shape index (κ2) is 4.79. The predicted molar refractivity (Wildman–Crippen MR) is 75.4 cm³/mol. The van der Waals surface area contributed by atoms with Crippen LogP contribution in [0.15, 0.2) is 23.0 Å². The fraction of sp³-hybridized carbons (Fsp3) is 0.333. The number of aromatic nitrogens is 2. The third-order valence-corrected chi connectivity index (χ3v) is 3.93. The van der Waals surface area contributed by atoms with Gasteiger partial charge >= 0.3 is 5.69 Å². The van der Waals surface area contributed by atoms with Gasteiger partial charge in [-0.15, -0.1) is 0 Å². The van der Waals surface area contributed by atoms with E-state index in [2.05, 4.69) is 6.07 Å². The maximum absolute atomic E-state index is 12.4. The standard InChI is InChI=1S/C15H15N3O3/c1-2-10-7-9(8-16)3-4-11(10)18-14(20)13-12(19)5-6-17(13)15(18)21/h3-4,7,12,19-20H,2,5-6H2,1H3/t12-/m1/s1. The molecular formula is C15H15N3O3. The summed E-state index contributed by atoms with van der Waals surface area (Å²) in [6.07, 6.45) is 0.245. The van der Waals surface area contributed by atoms with Crippen molar-refractivity contribution >= 4 is 0 Å². The van der Waals surface area contributed by atoms with Gasteiger partial charge in [0.25, 0.3) is 0 Å². The quantitative estimate of drug-likeness (QED) is 0.867.